The first kappa shape index (κ1) is 30.7. The van der Waals surface area contributed by atoms with Gasteiger partial charge in [0.25, 0.3) is 0 Å². The monoisotopic (exact) mass is 954 g/mol. The van der Waals surface area contributed by atoms with E-state index >= 15 is 0 Å². The van der Waals surface area contributed by atoms with Gasteiger partial charge >= 0.3 is 0 Å². The van der Waals surface area contributed by atoms with Crippen molar-refractivity contribution < 1.29 is 0 Å². The molecule has 0 nitrogen and oxygen atoms in total. The van der Waals surface area contributed by atoms with Crippen LogP contribution in [-0.2, 0) is 15.6 Å². The first-order valence-electron chi connectivity index (χ1n) is 30.5. The minimum Gasteiger partial charge on any atom is -0.112 e. The van der Waals surface area contributed by atoms with Gasteiger partial charge in [-0.2, -0.15) is 0 Å². The fourth-order valence-corrected chi connectivity index (χ4v) is 35.5. The van der Waals surface area contributed by atoms with Crippen molar-refractivity contribution in [3.05, 3.63) is 153 Å². The maximum Gasteiger partial charge on any atom is 0.0645 e. The summed E-state index contributed by atoms with van der Waals surface area (Å²) in [6, 6.07) is 13.1. The van der Waals surface area contributed by atoms with Gasteiger partial charge in [0.1, 0.15) is 0 Å². The Kier molecular flexibility index (Phi) is 2.93. The van der Waals surface area contributed by atoms with E-state index in [1.165, 1.54) is 5.39 Å². The molecular weight excluding hydrogens is 921 g/mol. The molecule has 0 aromatic heterocycles. The van der Waals surface area contributed by atoms with Gasteiger partial charge in [-0.15, -0.1) is 11.8 Å². The van der Waals surface area contributed by atoms with Crippen LogP contribution in [0.1, 0.15) is 250 Å². The molecule has 0 N–H and O–H groups in total. The Labute approximate surface area is 429 Å². The minimum atomic E-state index is -0.0280. The normalized spacial score (nSPS) is 45.9. The van der Waals surface area contributed by atoms with Crippen LogP contribution in [0.25, 0.3) is 108 Å². The quantitative estimate of drug-likeness (QED) is 0.137. The van der Waals surface area contributed by atoms with E-state index in [-0.39, 0.29) is 15.6 Å². The Bertz CT molecular complexity index is 5910. The van der Waals surface area contributed by atoms with Gasteiger partial charge in [-0.1, -0.05) is 51.1 Å². The highest BCUT2D eigenvalue weighted by Gasteiger charge is 2.89. The second-order valence-corrected chi connectivity index (χ2v) is 33.5. The summed E-state index contributed by atoms with van der Waals surface area (Å²) in [5.41, 5.74) is 47.9. The molecule has 0 amide bonds. The van der Waals surface area contributed by atoms with Gasteiger partial charge in [0.05, 0.1) is 4.75 Å². The molecule has 23 aliphatic rings. The van der Waals surface area contributed by atoms with E-state index in [9.17, 15) is 0 Å². The van der Waals surface area contributed by atoms with Crippen molar-refractivity contribution in [3.63, 3.8) is 0 Å². The Morgan fingerprint density at radius 3 is 1.13 bits per heavy atom. The zero-order chi connectivity index (χ0) is 45.1. The fourth-order valence-electron chi connectivity index (χ4n) is 33.3. The molecule has 336 valence electrons. The summed E-state index contributed by atoms with van der Waals surface area (Å²) < 4.78 is 0.00214. The summed E-state index contributed by atoms with van der Waals surface area (Å²) in [6.45, 7) is 7.62. The van der Waals surface area contributed by atoms with Crippen molar-refractivity contribution in [3.8, 4) is 11.1 Å². The molecule has 0 bridgehead atoms. The number of rotatable bonds is 0. The molecule has 1 heterocycles. The van der Waals surface area contributed by atoms with Crippen LogP contribution in [0.3, 0.4) is 0 Å². The Morgan fingerprint density at radius 2 is 0.667 bits per heavy atom. The lowest BCUT2D eigenvalue weighted by Crippen LogP contribution is -2.62. The van der Waals surface area contributed by atoms with E-state index in [0.29, 0.717) is 118 Å². The summed E-state index contributed by atoms with van der Waals surface area (Å²) in [4.78, 5) is 1.76. The summed E-state index contributed by atoms with van der Waals surface area (Å²) in [7, 11) is 0. The molecule has 1 aliphatic heterocycles. The van der Waals surface area contributed by atoms with Gasteiger partial charge in [-0.05, 0) is 354 Å². The molecule has 75 heavy (non-hydrogen) atoms. The van der Waals surface area contributed by atoms with Crippen molar-refractivity contribution in [1.29, 1.82) is 0 Å². The summed E-state index contributed by atoms with van der Waals surface area (Å²) >= 11 is 2.62. The van der Waals surface area contributed by atoms with Gasteiger partial charge in [0, 0.05) is 10.3 Å². The molecule has 12 aromatic rings. The second kappa shape index (κ2) is 7.15. The summed E-state index contributed by atoms with van der Waals surface area (Å²) in [6.07, 6.45) is 0. The zero-order valence-electron chi connectivity index (χ0n) is 40.8. The first-order valence-corrected chi connectivity index (χ1v) is 31.3. The number of thioether (sulfide) groups is 1. The van der Waals surface area contributed by atoms with Crippen molar-refractivity contribution in [2.24, 2.45) is 11.8 Å². The van der Waals surface area contributed by atoms with Crippen LogP contribution in [-0.4, -0.2) is 0 Å². The van der Waals surface area contributed by atoms with Gasteiger partial charge in [0.15, 0.2) is 0 Å². The van der Waals surface area contributed by atoms with Gasteiger partial charge in [-0.25, -0.2) is 0 Å². The molecule has 22 aliphatic carbocycles. The maximum atomic E-state index is 2.90. The van der Waals surface area contributed by atoms with Gasteiger partial charge in [0.2, 0.25) is 0 Å². The van der Waals surface area contributed by atoms with Crippen LogP contribution in [0.15, 0.2) is 35.2 Å². The summed E-state index contributed by atoms with van der Waals surface area (Å²) in [5, 5.41) is 33.8. The molecule has 1 heteroatoms. The highest BCUT2D eigenvalue weighted by molar-refractivity contribution is 8.01. The van der Waals surface area contributed by atoms with Crippen LogP contribution in [0.5, 0.6) is 0 Å². The van der Waals surface area contributed by atoms with Crippen LogP contribution in [0.2, 0.25) is 0 Å². The Balaban J connectivity index is 0.975. The van der Waals surface area contributed by atoms with Crippen LogP contribution < -0.4 is 0 Å². The average Bonchev–Trinajstić information content (AvgIpc) is 3.37. The molecule has 35 rings (SSSR count). The lowest BCUT2D eigenvalue weighted by atomic mass is 9.39. The smallest absolute Gasteiger partial charge is 0.0645 e. The zero-order valence-corrected chi connectivity index (χ0v) is 41.7. The van der Waals surface area contributed by atoms with Crippen molar-refractivity contribution in [1.82, 2.24) is 0 Å². The van der Waals surface area contributed by atoms with Crippen LogP contribution >= 0.6 is 11.8 Å². The predicted octanol–water partition coefficient (Wildman–Crippen LogP) is 17.0. The predicted molar refractivity (Wildman–Crippen MR) is 293 cm³/mol. The molecule has 22 unspecified atom stereocenters. The fraction of sp³-hybridized carbons (Fsp3) is 0.351. The standard InChI is InChI=1S/C74H34S/c1-72(2,3)10-6-4-5-9-7-8-11-71(12(9)10)75-74-69-63-57-47-35-27-19-15-13-14-17-21(19)29(35)39-33-25(17)26-18(14)22-20-16(13)24-23(15)31-37(27)45-51-41(31)42-32(24)38-28(20)36-30(22)40-34(26)44-43(33)55(49(39)57)65(69)66-56(44)50(40)58-48(36)54-46(38)52(42)60-59(51)67(61(63)53(45)47)73(11,74)68(60)62(54)64(58)70(66)74/h4-8,15,17,19,21,23,25,31,33,41-44,52,56,60,62,64,66,68,70H,1-3H3. The molecule has 22 atom stereocenters. The van der Waals surface area contributed by atoms with Crippen LogP contribution in [0, 0.1) is 11.8 Å². The van der Waals surface area contributed by atoms with E-state index in [1.54, 1.807) is 15.8 Å². The number of benzene rings is 11. The topological polar surface area (TPSA) is 0 Å². The van der Waals surface area contributed by atoms with Crippen LogP contribution in [0.4, 0.5) is 0 Å². The van der Waals surface area contributed by atoms with E-state index < -0.39 is 0 Å². The number of fused-ring (bicyclic) bond motifs is 3. The molecule has 2 spiro atoms. The summed E-state index contributed by atoms with van der Waals surface area (Å²) in [5.74, 6) is 13.0. The molecule has 1 saturated carbocycles. The van der Waals surface area contributed by atoms with E-state index in [4.69, 9.17) is 0 Å². The van der Waals surface area contributed by atoms with Crippen molar-refractivity contribution >= 4 is 109 Å². The third-order valence-electron chi connectivity index (χ3n) is 32.0. The van der Waals surface area contributed by atoms with Gasteiger partial charge < -0.3 is 0 Å². The minimum absolute atomic E-state index is 0.00214. The Morgan fingerprint density at radius 1 is 0.320 bits per heavy atom. The molecule has 0 saturated heterocycles. The largest absolute Gasteiger partial charge is 0.112 e. The molecule has 0 radical (unpaired) electrons. The maximum absolute atomic E-state index is 2.90. The third-order valence-corrected chi connectivity index (χ3v) is 33.8. The SMILES string of the molecule is CC(C)(C)c1cccc2ccc3c(c12)SC12c4c5c6c7c8c9c%10c%11c%12c%13c%14c%15c(c%16c%13c%10c7c4-%16)C31C1C%15C3c4c7c%10c%13c%15c%16c%17c%18c%19c%20c%21c%22c%23c(c4c4c%22c%19c%16c%104)C3C%14C%12C%23C%21C%11C9C%20C%18C8C6C%17C%15C5C2C%13C71. The van der Waals surface area contributed by atoms with E-state index in [1.807, 2.05) is 203 Å². The van der Waals surface area contributed by atoms with Crippen molar-refractivity contribution in [2.75, 3.05) is 0 Å². The highest BCUT2D eigenvalue weighted by Crippen LogP contribution is 3.01. The lowest BCUT2D eigenvalue weighted by Gasteiger charge is -2.65. The first-order chi connectivity index (χ1) is 37.0. The number of hydrogen-bond donors (Lipinski definition) is 0. The second-order valence-electron chi connectivity index (χ2n) is 32.2. The van der Waals surface area contributed by atoms with Crippen molar-refractivity contribution in [2.45, 2.75) is 148 Å². The third kappa shape index (κ3) is 1.76. The lowest BCUT2D eigenvalue weighted by molar-refractivity contribution is 0.0342. The average molecular weight is 955 g/mol. The molecule has 1 fully saturated rings. The molecule has 12 aromatic carbocycles. The highest BCUT2D eigenvalue weighted by atomic mass is 32.2. The number of hydrogen-bond acceptors (Lipinski definition) is 1. The van der Waals surface area contributed by atoms with Gasteiger partial charge in [-0.3, -0.25) is 0 Å². The van der Waals surface area contributed by atoms with E-state index in [0.717, 1.165) is 0 Å². The Hall–Kier alpha value is -5.89. The molecular formula is C74H34S. The van der Waals surface area contributed by atoms with E-state index in [2.05, 4.69) is 74.0 Å².